The van der Waals surface area contributed by atoms with Gasteiger partial charge in [-0.2, -0.15) is 0 Å². The number of halogens is 1. The van der Waals surface area contributed by atoms with Gasteiger partial charge in [0.15, 0.2) is 0 Å². The summed E-state index contributed by atoms with van der Waals surface area (Å²) >= 11 is 3.53. The van der Waals surface area contributed by atoms with Crippen molar-refractivity contribution in [1.82, 2.24) is 19.8 Å². The van der Waals surface area contributed by atoms with Crippen LogP contribution in [0.15, 0.2) is 82.1 Å². The molecule has 3 aromatic carbocycles. The minimum atomic E-state index is -0.188. The van der Waals surface area contributed by atoms with E-state index in [2.05, 4.69) is 38.3 Å². The van der Waals surface area contributed by atoms with E-state index in [1.54, 1.807) is 35.9 Å². The molecule has 1 aliphatic carbocycles. The van der Waals surface area contributed by atoms with Gasteiger partial charge in [0.05, 0.1) is 17.9 Å². The van der Waals surface area contributed by atoms with E-state index in [0.29, 0.717) is 52.9 Å². The molecule has 226 valence electrons. The molecule has 2 amide bonds. The number of carbonyl (C=O) groups excluding carboxylic acids is 2. The lowest BCUT2D eigenvalue weighted by molar-refractivity contribution is 0.0653. The maximum Gasteiger partial charge on any atom is 0.263 e. The molecule has 2 heterocycles. The SMILES string of the molecule is CNC(=O)c1ccc(-n2c(N(Cc3ccccc3)CC3CC3)nc3c(c2=O)C[C@@H](C)N(C(=O)c2ccc(Br)c(C)c2)C3)cc1. The van der Waals surface area contributed by atoms with E-state index in [4.69, 9.17) is 4.98 Å². The summed E-state index contributed by atoms with van der Waals surface area (Å²) in [5.41, 5.74) is 5.02. The fourth-order valence-electron chi connectivity index (χ4n) is 5.85. The summed E-state index contributed by atoms with van der Waals surface area (Å²) in [6.45, 7) is 5.57. The highest BCUT2D eigenvalue weighted by Crippen LogP contribution is 2.33. The molecule has 1 aromatic heterocycles. The molecule has 0 bridgehead atoms. The van der Waals surface area contributed by atoms with E-state index in [0.717, 1.165) is 35.0 Å². The predicted octanol–water partition coefficient (Wildman–Crippen LogP) is 5.67. The molecular weight excluding hydrogens is 618 g/mol. The second-order valence-electron chi connectivity index (χ2n) is 11.9. The topological polar surface area (TPSA) is 87.5 Å². The maximum atomic E-state index is 14.5. The number of rotatable bonds is 8. The third-order valence-corrected chi connectivity index (χ3v) is 9.44. The Bertz CT molecular complexity index is 1770. The summed E-state index contributed by atoms with van der Waals surface area (Å²) in [4.78, 5) is 49.7. The first-order valence-corrected chi connectivity index (χ1v) is 15.9. The van der Waals surface area contributed by atoms with Crippen LogP contribution >= 0.6 is 15.9 Å². The smallest absolute Gasteiger partial charge is 0.263 e. The third-order valence-electron chi connectivity index (χ3n) is 8.55. The van der Waals surface area contributed by atoms with Gasteiger partial charge in [-0.3, -0.25) is 14.4 Å². The molecule has 1 saturated carbocycles. The lowest BCUT2D eigenvalue weighted by Gasteiger charge is -2.36. The Kier molecular flexibility index (Phi) is 8.40. The van der Waals surface area contributed by atoms with Gasteiger partial charge in [-0.15, -0.1) is 0 Å². The standard InChI is InChI=1S/C35H36BrN5O3/c1-22-17-27(13-16-30(22)36)33(43)40-21-31-29(18-23(40)2)34(44)41(28-14-11-26(12-15-28)32(42)37-3)35(38-31)39(20-25-9-10-25)19-24-7-5-4-6-8-24/h4-8,11-17,23,25H,9-10,18-21H2,1-3H3,(H,37,42)/t23-/m1/s1. The van der Waals surface area contributed by atoms with Crippen LogP contribution in [-0.4, -0.2) is 45.9 Å². The lowest BCUT2D eigenvalue weighted by atomic mass is 9.98. The van der Waals surface area contributed by atoms with E-state index in [1.807, 2.05) is 55.1 Å². The molecule has 0 saturated heterocycles. The van der Waals surface area contributed by atoms with Gasteiger partial charge in [-0.25, -0.2) is 9.55 Å². The van der Waals surface area contributed by atoms with Crippen LogP contribution in [0, 0.1) is 12.8 Å². The Morgan fingerprint density at radius 1 is 1.02 bits per heavy atom. The molecule has 8 nitrogen and oxygen atoms in total. The van der Waals surface area contributed by atoms with Crippen molar-refractivity contribution in [1.29, 1.82) is 0 Å². The summed E-state index contributed by atoms with van der Waals surface area (Å²) in [6, 6.07) is 22.7. The number of carbonyl (C=O) groups is 2. The normalized spacial score (nSPS) is 15.9. The van der Waals surface area contributed by atoms with Crippen molar-refractivity contribution in [2.75, 3.05) is 18.5 Å². The van der Waals surface area contributed by atoms with E-state index in [1.165, 1.54) is 0 Å². The first-order chi connectivity index (χ1) is 21.2. The average Bonchev–Trinajstić information content (AvgIpc) is 3.86. The van der Waals surface area contributed by atoms with Crippen LogP contribution in [-0.2, 0) is 19.5 Å². The van der Waals surface area contributed by atoms with Crippen molar-refractivity contribution in [2.45, 2.75) is 52.2 Å². The van der Waals surface area contributed by atoms with Crippen LogP contribution in [0.5, 0.6) is 0 Å². The Morgan fingerprint density at radius 3 is 2.39 bits per heavy atom. The molecule has 4 aromatic rings. The minimum Gasteiger partial charge on any atom is -0.355 e. The number of fused-ring (bicyclic) bond motifs is 1. The number of anilines is 1. The van der Waals surface area contributed by atoms with Gasteiger partial charge >= 0.3 is 0 Å². The van der Waals surface area contributed by atoms with Gasteiger partial charge in [0.2, 0.25) is 5.95 Å². The minimum absolute atomic E-state index is 0.0739. The monoisotopic (exact) mass is 653 g/mol. The van der Waals surface area contributed by atoms with E-state index in [-0.39, 0.29) is 30.0 Å². The van der Waals surface area contributed by atoms with Crippen LogP contribution in [0.2, 0.25) is 0 Å². The first kappa shape index (κ1) is 29.8. The molecule has 0 radical (unpaired) electrons. The summed E-state index contributed by atoms with van der Waals surface area (Å²) in [5.74, 6) is 0.829. The molecule has 9 heteroatoms. The Morgan fingerprint density at radius 2 is 1.73 bits per heavy atom. The molecule has 2 aliphatic rings. The Hall–Kier alpha value is -4.24. The van der Waals surface area contributed by atoms with Gasteiger partial charge in [0, 0.05) is 47.3 Å². The molecular formula is C35H36BrN5O3. The molecule has 44 heavy (non-hydrogen) atoms. The van der Waals surface area contributed by atoms with Crippen molar-refractivity contribution in [3.05, 3.63) is 121 Å². The van der Waals surface area contributed by atoms with E-state index < -0.39 is 0 Å². The van der Waals surface area contributed by atoms with Gasteiger partial charge < -0.3 is 15.1 Å². The Balaban J connectivity index is 1.46. The van der Waals surface area contributed by atoms with Crippen molar-refractivity contribution < 1.29 is 9.59 Å². The maximum absolute atomic E-state index is 14.5. The van der Waals surface area contributed by atoms with Crippen LogP contribution < -0.4 is 15.8 Å². The fourth-order valence-corrected chi connectivity index (χ4v) is 6.09. The van der Waals surface area contributed by atoms with E-state index >= 15 is 0 Å². The number of amides is 2. The predicted molar refractivity (Wildman–Crippen MR) is 175 cm³/mol. The molecule has 1 N–H and O–H groups in total. The lowest BCUT2D eigenvalue weighted by Crippen LogP contribution is -2.46. The highest BCUT2D eigenvalue weighted by molar-refractivity contribution is 9.10. The summed E-state index contributed by atoms with van der Waals surface area (Å²) in [7, 11) is 1.60. The molecule has 1 atom stereocenters. The van der Waals surface area contributed by atoms with Crippen LogP contribution in [0.1, 0.15) is 62.9 Å². The zero-order valence-electron chi connectivity index (χ0n) is 25.2. The molecule has 1 aliphatic heterocycles. The largest absolute Gasteiger partial charge is 0.355 e. The zero-order valence-corrected chi connectivity index (χ0v) is 26.8. The fraction of sp³-hybridized carbons (Fsp3) is 0.314. The first-order valence-electron chi connectivity index (χ1n) is 15.1. The van der Waals surface area contributed by atoms with Crippen molar-refractivity contribution in [2.24, 2.45) is 5.92 Å². The van der Waals surface area contributed by atoms with Crippen LogP contribution in [0.25, 0.3) is 5.69 Å². The number of aryl methyl sites for hydroxylation is 1. The van der Waals surface area contributed by atoms with Gasteiger partial charge in [-0.05, 0) is 92.6 Å². The van der Waals surface area contributed by atoms with E-state index in [9.17, 15) is 14.4 Å². The number of nitrogens with zero attached hydrogens (tertiary/aromatic N) is 4. The zero-order chi connectivity index (χ0) is 31.0. The molecule has 0 spiro atoms. The number of nitrogens with one attached hydrogen (secondary N) is 1. The molecule has 6 rings (SSSR count). The van der Waals surface area contributed by atoms with Crippen LogP contribution in [0.3, 0.4) is 0 Å². The summed E-state index contributed by atoms with van der Waals surface area (Å²) in [6.07, 6.45) is 2.70. The van der Waals surface area contributed by atoms with Crippen molar-refractivity contribution >= 4 is 33.7 Å². The highest BCUT2D eigenvalue weighted by Gasteiger charge is 2.34. The second-order valence-corrected chi connectivity index (χ2v) is 12.7. The number of hydrogen-bond donors (Lipinski definition) is 1. The van der Waals surface area contributed by atoms with Crippen LogP contribution in [0.4, 0.5) is 5.95 Å². The second kappa shape index (κ2) is 12.4. The number of aromatic nitrogens is 2. The molecule has 0 unspecified atom stereocenters. The number of hydrogen-bond acceptors (Lipinski definition) is 5. The van der Waals surface area contributed by atoms with Gasteiger partial charge in [-0.1, -0.05) is 46.3 Å². The number of benzene rings is 3. The Labute approximate surface area is 265 Å². The van der Waals surface area contributed by atoms with Crippen molar-refractivity contribution in [3.63, 3.8) is 0 Å². The van der Waals surface area contributed by atoms with Gasteiger partial charge in [0.25, 0.3) is 17.4 Å². The van der Waals surface area contributed by atoms with Crippen molar-refractivity contribution in [3.8, 4) is 5.69 Å². The third kappa shape index (κ3) is 6.06. The average molecular weight is 655 g/mol. The van der Waals surface area contributed by atoms with Gasteiger partial charge in [0.1, 0.15) is 0 Å². The quantitative estimate of drug-likeness (QED) is 0.265. The highest BCUT2D eigenvalue weighted by atomic mass is 79.9. The summed E-state index contributed by atoms with van der Waals surface area (Å²) < 4.78 is 2.65. The molecule has 1 fully saturated rings. The summed E-state index contributed by atoms with van der Waals surface area (Å²) in [5, 5.41) is 2.65.